The second kappa shape index (κ2) is 2.61. The summed E-state index contributed by atoms with van der Waals surface area (Å²) in [6, 6.07) is 0. The van der Waals surface area contributed by atoms with E-state index in [4.69, 9.17) is 5.11 Å². The summed E-state index contributed by atoms with van der Waals surface area (Å²) in [6.45, 7) is 0. The number of carbonyl (C=O) groups is 1. The van der Waals surface area contributed by atoms with E-state index in [2.05, 4.69) is 9.84 Å². The molecule has 1 aromatic heterocycles. The summed E-state index contributed by atoms with van der Waals surface area (Å²) in [5.74, 6) is -0.771. The molecule has 1 rings (SSSR count). The lowest BCUT2D eigenvalue weighted by Gasteiger charge is -1.95. The van der Waals surface area contributed by atoms with Crippen LogP contribution < -0.4 is 0 Å². The SMILES string of the molecule is COC(=O)c1cnn(C)c1O. The number of aromatic nitrogens is 2. The van der Waals surface area contributed by atoms with Crippen LogP contribution in [0.2, 0.25) is 0 Å². The van der Waals surface area contributed by atoms with Gasteiger partial charge in [0.2, 0.25) is 5.88 Å². The van der Waals surface area contributed by atoms with Crippen molar-refractivity contribution in [2.45, 2.75) is 0 Å². The Hall–Kier alpha value is -1.52. The summed E-state index contributed by atoms with van der Waals surface area (Å²) in [5, 5.41) is 12.8. The van der Waals surface area contributed by atoms with E-state index in [9.17, 15) is 4.79 Å². The van der Waals surface area contributed by atoms with E-state index >= 15 is 0 Å². The van der Waals surface area contributed by atoms with Crippen molar-refractivity contribution in [1.82, 2.24) is 9.78 Å². The minimum Gasteiger partial charge on any atom is -0.493 e. The van der Waals surface area contributed by atoms with Gasteiger partial charge in [-0.15, -0.1) is 0 Å². The Labute approximate surface area is 63.2 Å². The molecule has 0 aromatic carbocycles. The molecule has 11 heavy (non-hydrogen) atoms. The number of esters is 1. The summed E-state index contributed by atoms with van der Waals surface area (Å²) in [5.41, 5.74) is 0.0787. The van der Waals surface area contributed by atoms with Crippen molar-refractivity contribution in [2.75, 3.05) is 7.11 Å². The summed E-state index contributed by atoms with van der Waals surface area (Å²) in [7, 11) is 2.77. The van der Waals surface area contributed by atoms with Crippen molar-refractivity contribution in [3.63, 3.8) is 0 Å². The zero-order valence-electron chi connectivity index (χ0n) is 6.24. The van der Waals surface area contributed by atoms with Crippen molar-refractivity contribution in [3.05, 3.63) is 11.8 Å². The maximum absolute atomic E-state index is 10.8. The van der Waals surface area contributed by atoms with Gasteiger partial charge in [-0.3, -0.25) is 0 Å². The number of aromatic hydroxyl groups is 1. The Bertz CT molecular complexity index is 279. The third kappa shape index (κ3) is 1.17. The lowest BCUT2D eigenvalue weighted by atomic mass is 10.3. The molecule has 0 spiro atoms. The second-order valence-corrected chi connectivity index (χ2v) is 2.00. The van der Waals surface area contributed by atoms with Gasteiger partial charge in [-0.05, 0) is 0 Å². The number of aryl methyl sites for hydroxylation is 1. The summed E-state index contributed by atoms with van der Waals surface area (Å²) < 4.78 is 5.56. The fourth-order valence-corrected chi connectivity index (χ4v) is 0.685. The molecule has 0 amide bonds. The molecule has 5 nitrogen and oxygen atoms in total. The monoisotopic (exact) mass is 156 g/mol. The van der Waals surface area contributed by atoms with Crippen LogP contribution in [0.1, 0.15) is 10.4 Å². The van der Waals surface area contributed by atoms with Gasteiger partial charge in [0.1, 0.15) is 5.56 Å². The molecule has 1 N–H and O–H groups in total. The highest BCUT2D eigenvalue weighted by atomic mass is 16.5. The zero-order chi connectivity index (χ0) is 8.43. The molecule has 0 aliphatic rings. The topological polar surface area (TPSA) is 64.3 Å². The molecule has 1 aromatic rings. The summed E-state index contributed by atoms with van der Waals surface area (Å²) in [6.07, 6.45) is 1.25. The van der Waals surface area contributed by atoms with Gasteiger partial charge >= 0.3 is 5.97 Å². The number of hydrogen-bond acceptors (Lipinski definition) is 4. The third-order valence-corrected chi connectivity index (χ3v) is 1.31. The van der Waals surface area contributed by atoms with Crippen LogP contribution in [-0.2, 0) is 11.8 Å². The van der Waals surface area contributed by atoms with Gasteiger partial charge in [0.05, 0.1) is 13.3 Å². The second-order valence-electron chi connectivity index (χ2n) is 2.00. The van der Waals surface area contributed by atoms with E-state index in [-0.39, 0.29) is 11.4 Å². The van der Waals surface area contributed by atoms with Crippen LogP contribution >= 0.6 is 0 Å². The fraction of sp³-hybridized carbons (Fsp3) is 0.333. The van der Waals surface area contributed by atoms with E-state index < -0.39 is 5.97 Å². The first-order valence-corrected chi connectivity index (χ1v) is 2.96. The zero-order valence-corrected chi connectivity index (χ0v) is 6.24. The molecule has 0 atom stereocenters. The fourth-order valence-electron chi connectivity index (χ4n) is 0.685. The average Bonchev–Trinajstić information content (AvgIpc) is 2.32. The Morgan fingerprint density at radius 3 is 2.82 bits per heavy atom. The van der Waals surface area contributed by atoms with Crippen molar-refractivity contribution in [1.29, 1.82) is 0 Å². The molecule has 0 unspecified atom stereocenters. The van der Waals surface area contributed by atoms with Crippen LogP contribution in [-0.4, -0.2) is 28.0 Å². The molecule has 1 heterocycles. The smallest absolute Gasteiger partial charge is 0.345 e. The van der Waals surface area contributed by atoms with Crippen LogP contribution in [0.5, 0.6) is 5.88 Å². The van der Waals surface area contributed by atoms with Crippen LogP contribution in [0.15, 0.2) is 6.20 Å². The maximum Gasteiger partial charge on any atom is 0.345 e. The van der Waals surface area contributed by atoms with Gasteiger partial charge < -0.3 is 9.84 Å². The van der Waals surface area contributed by atoms with E-state index in [1.54, 1.807) is 0 Å². The van der Waals surface area contributed by atoms with Gasteiger partial charge in [0, 0.05) is 7.05 Å². The van der Waals surface area contributed by atoms with Gasteiger partial charge in [-0.1, -0.05) is 0 Å². The largest absolute Gasteiger partial charge is 0.493 e. The maximum atomic E-state index is 10.8. The molecule has 5 heteroatoms. The summed E-state index contributed by atoms with van der Waals surface area (Å²) >= 11 is 0. The first-order valence-electron chi connectivity index (χ1n) is 2.96. The predicted octanol–water partition coefficient (Wildman–Crippen LogP) is -0.0877. The van der Waals surface area contributed by atoms with Gasteiger partial charge in [0.15, 0.2) is 0 Å². The molecular formula is C6H8N2O3. The predicted molar refractivity (Wildman–Crippen MR) is 36.2 cm³/mol. The minimum atomic E-state index is -0.587. The number of carbonyl (C=O) groups excluding carboxylic acids is 1. The van der Waals surface area contributed by atoms with Crippen LogP contribution in [0, 0.1) is 0 Å². The minimum absolute atomic E-state index is 0.0787. The molecule has 0 saturated carbocycles. The number of nitrogens with zero attached hydrogens (tertiary/aromatic N) is 2. The Morgan fingerprint density at radius 2 is 2.45 bits per heavy atom. The number of rotatable bonds is 1. The molecule has 0 fully saturated rings. The third-order valence-electron chi connectivity index (χ3n) is 1.31. The molecule has 0 aliphatic carbocycles. The molecule has 0 bridgehead atoms. The molecular weight excluding hydrogens is 148 g/mol. The highest BCUT2D eigenvalue weighted by Gasteiger charge is 2.14. The average molecular weight is 156 g/mol. The summed E-state index contributed by atoms with van der Waals surface area (Å²) in [4.78, 5) is 10.8. The molecule has 60 valence electrons. The van der Waals surface area contributed by atoms with Crippen molar-refractivity contribution in [2.24, 2.45) is 7.05 Å². The first kappa shape index (κ1) is 7.59. The first-order chi connectivity index (χ1) is 5.16. The van der Waals surface area contributed by atoms with E-state index in [1.807, 2.05) is 0 Å². The van der Waals surface area contributed by atoms with Gasteiger partial charge in [0.25, 0.3) is 0 Å². The Morgan fingerprint density at radius 1 is 1.82 bits per heavy atom. The highest BCUT2D eigenvalue weighted by molar-refractivity contribution is 5.91. The molecule has 0 aliphatic heterocycles. The quantitative estimate of drug-likeness (QED) is 0.577. The van der Waals surface area contributed by atoms with Crippen LogP contribution in [0.4, 0.5) is 0 Å². The van der Waals surface area contributed by atoms with E-state index in [0.717, 1.165) is 0 Å². The normalized spacial score (nSPS) is 9.64. The van der Waals surface area contributed by atoms with Crippen LogP contribution in [0.3, 0.4) is 0 Å². The van der Waals surface area contributed by atoms with Gasteiger partial charge in [-0.2, -0.15) is 5.10 Å². The Balaban J connectivity index is 3.04. The lowest BCUT2D eigenvalue weighted by molar-refractivity contribution is 0.0597. The number of methoxy groups -OCH3 is 1. The highest BCUT2D eigenvalue weighted by Crippen LogP contribution is 2.14. The van der Waals surface area contributed by atoms with Crippen molar-refractivity contribution in [3.8, 4) is 5.88 Å². The lowest BCUT2D eigenvalue weighted by Crippen LogP contribution is -2.00. The van der Waals surface area contributed by atoms with E-state index in [1.165, 1.54) is 25.0 Å². The Kier molecular flexibility index (Phi) is 1.80. The molecule has 0 saturated heterocycles. The van der Waals surface area contributed by atoms with Crippen molar-refractivity contribution < 1.29 is 14.6 Å². The van der Waals surface area contributed by atoms with Crippen LogP contribution in [0.25, 0.3) is 0 Å². The molecule has 0 radical (unpaired) electrons. The van der Waals surface area contributed by atoms with Gasteiger partial charge in [-0.25, -0.2) is 9.48 Å². The number of hydrogen-bond donors (Lipinski definition) is 1. The number of ether oxygens (including phenoxy) is 1. The standard InChI is InChI=1S/C6H8N2O3/c1-8-5(9)4(3-7-8)6(10)11-2/h3,9H,1-2H3. The van der Waals surface area contributed by atoms with E-state index in [0.29, 0.717) is 0 Å². The van der Waals surface area contributed by atoms with Crippen molar-refractivity contribution >= 4 is 5.97 Å².